The summed E-state index contributed by atoms with van der Waals surface area (Å²) in [6.07, 6.45) is 6.47. The van der Waals surface area contributed by atoms with Crippen LogP contribution in [0.3, 0.4) is 0 Å². The van der Waals surface area contributed by atoms with E-state index < -0.39 is 0 Å². The summed E-state index contributed by atoms with van der Waals surface area (Å²) in [5, 5.41) is 12.9. The minimum Gasteiger partial charge on any atom is -0.394 e. The second kappa shape index (κ2) is 7.46. The third-order valence-electron chi connectivity index (χ3n) is 4.50. The van der Waals surface area contributed by atoms with Gasteiger partial charge < -0.3 is 15.3 Å². The van der Waals surface area contributed by atoms with E-state index in [-0.39, 0.29) is 12.1 Å². The van der Waals surface area contributed by atoms with Gasteiger partial charge in [-0.15, -0.1) is 0 Å². The molecule has 3 heteroatoms. The molecule has 18 heavy (non-hydrogen) atoms. The average Bonchev–Trinajstić information content (AvgIpc) is 2.36. The van der Waals surface area contributed by atoms with Crippen molar-refractivity contribution in [2.24, 2.45) is 5.92 Å². The molecule has 1 aliphatic carbocycles. The number of rotatable bonds is 7. The summed E-state index contributed by atoms with van der Waals surface area (Å²) in [6, 6.07) is 0.748. The second-order valence-corrected chi connectivity index (χ2v) is 6.41. The fourth-order valence-electron chi connectivity index (χ4n) is 3.06. The van der Waals surface area contributed by atoms with Crippen LogP contribution >= 0.6 is 0 Å². The van der Waals surface area contributed by atoms with E-state index in [0.29, 0.717) is 0 Å². The van der Waals surface area contributed by atoms with E-state index >= 15 is 0 Å². The molecule has 0 aromatic rings. The summed E-state index contributed by atoms with van der Waals surface area (Å²) in [5.74, 6) is 0.879. The summed E-state index contributed by atoms with van der Waals surface area (Å²) < 4.78 is 0. The van der Waals surface area contributed by atoms with Crippen LogP contribution in [0.2, 0.25) is 0 Å². The molecule has 0 saturated heterocycles. The zero-order valence-corrected chi connectivity index (χ0v) is 12.7. The van der Waals surface area contributed by atoms with E-state index in [0.717, 1.165) is 31.5 Å². The molecule has 0 aromatic carbocycles. The maximum absolute atomic E-state index is 9.50. The molecule has 2 N–H and O–H groups in total. The predicted molar refractivity (Wildman–Crippen MR) is 77.8 cm³/mol. The van der Waals surface area contributed by atoms with Crippen molar-refractivity contribution in [2.75, 3.05) is 26.7 Å². The molecular weight excluding hydrogens is 224 g/mol. The van der Waals surface area contributed by atoms with Crippen molar-refractivity contribution < 1.29 is 5.11 Å². The molecule has 0 bridgehead atoms. The van der Waals surface area contributed by atoms with Crippen LogP contribution < -0.4 is 5.32 Å². The number of hydrogen-bond acceptors (Lipinski definition) is 3. The molecule has 108 valence electrons. The van der Waals surface area contributed by atoms with E-state index in [1.807, 2.05) is 0 Å². The molecule has 1 fully saturated rings. The van der Waals surface area contributed by atoms with Gasteiger partial charge in [-0.25, -0.2) is 0 Å². The van der Waals surface area contributed by atoms with Gasteiger partial charge >= 0.3 is 0 Å². The Morgan fingerprint density at radius 2 is 2.11 bits per heavy atom. The quantitative estimate of drug-likeness (QED) is 0.733. The molecule has 0 aromatic heterocycles. The van der Waals surface area contributed by atoms with Crippen molar-refractivity contribution >= 4 is 0 Å². The van der Waals surface area contributed by atoms with Gasteiger partial charge in [0.15, 0.2) is 0 Å². The highest BCUT2D eigenvalue weighted by Crippen LogP contribution is 2.27. The van der Waals surface area contributed by atoms with Crippen LogP contribution in [-0.4, -0.2) is 48.3 Å². The normalized spacial score (nSPS) is 28.3. The Balaban J connectivity index is 2.37. The molecule has 0 spiro atoms. The summed E-state index contributed by atoms with van der Waals surface area (Å²) in [6.45, 7) is 8.79. The van der Waals surface area contributed by atoms with Crippen molar-refractivity contribution in [2.45, 2.75) is 64.5 Å². The molecule has 1 aliphatic rings. The summed E-state index contributed by atoms with van der Waals surface area (Å²) in [4.78, 5) is 2.50. The fraction of sp³-hybridized carbons (Fsp3) is 1.00. The lowest BCUT2D eigenvalue weighted by Crippen LogP contribution is -2.48. The fourth-order valence-corrected chi connectivity index (χ4v) is 3.06. The Labute approximate surface area is 113 Å². The van der Waals surface area contributed by atoms with Crippen molar-refractivity contribution in [1.82, 2.24) is 10.2 Å². The first-order valence-electron chi connectivity index (χ1n) is 7.57. The molecule has 1 rings (SSSR count). The molecule has 3 atom stereocenters. The van der Waals surface area contributed by atoms with Crippen molar-refractivity contribution in [3.63, 3.8) is 0 Å². The first-order valence-corrected chi connectivity index (χ1v) is 7.57. The van der Waals surface area contributed by atoms with Gasteiger partial charge in [0.1, 0.15) is 0 Å². The van der Waals surface area contributed by atoms with Crippen LogP contribution in [0.15, 0.2) is 0 Å². The molecule has 0 radical (unpaired) electrons. The van der Waals surface area contributed by atoms with Gasteiger partial charge in [-0.2, -0.15) is 0 Å². The van der Waals surface area contributed by atoms with Crippen molar-refractivity contribution in [3.8, 4) is 0 Å². The molecule has 3 nitrogen and oxygen atoms in total. The summed E-state index contributed by atoms with van der Waals surface area (Å²) in [5.41, 5.74) is -0.122. The van der Waals surface area contributed by atoms with Gasteiger partial charge in [-0.05, 0) is 52.2 Å². The molecule has 0 heterocycles. The lowest BCUT2D eigenvalue weighted by atomic mass is 9.86. The lowest BCUT2D eigenvalue weighted by Gasteiger charge is -2.37. The minimum absolute atomic E-state index is 0.122. The van der Waals surface area contributed by atoms with Crippen LogP contribution in [0, 0.1) is 5.92 Å². The van der Waals surface area contributed by atoms with Gasteiger partial charge in [0, 0.05) is 11.6 Å². The van der Waals surface area contributed by atoms with Gasteiger partial charge in [0.2, 0.25) is 0 Å². The number of aliphatic hydroxyl groups is 1. The first kappa shape index (κ1) is 15.9. The zero-order valence-electron chi connectivity index (χ0n) is 12.7. The van der Waals surface area contributed by atoms with Gasteiger partial charge in [-0.1, -0.05) is 26.7 Å². The molecule has 0 aliphatic heterocycles. The number of aliphatic hydroxyl groups excluding tert-OH is 1. The average molecular weight is 256 g/mol. The Kier molecular flexibility index (Phi) is 6.61. The Hall–Kier alpha value is -0.120. The van der Waals surface area contributed by atoms with Crippen LogP contribution in [0.4, 0.5) is 0 Å². The Bertz CT molecular complexity index is 235. The van der Waals surface area contributed by atoms with Gasteiger partial charge in [0.05, 0.1) is 6.61 Å². The van der Waals surface area contributed by atoms with Gasteiger partial charge in [0.25, 0.3) is 0 Å². The SMILES string of the molecule is CCNC(C)(CO)CCN(C)C1CCCC(C)C1. The smallest absolute Gasteiger partial charge is 0.0611 e. The molecular formula is C15H32N2O. The van der Waals surface area contributed by atoms with E-state index in [4.69, 9.17) is 0 Å². The van der Waals surface area contributed by atoms with Crippen LogP contribution in [0.25, 0.3) is 0 Å². The predicted octanol–water partition coefficient (Wildman–Crippen LogP) is 2.25. The highest BCUT2D eigenvalue weighted by molar-refractivity contribution is 4.84. The topological polar surface area (TPSA) is 35.5 Å². The Morgan fingerprint density at radius 3 is 2.67 bits per heavy atom. The van der Waals surface area contributed by atoms with E-state index in [9.17, 15) is 5.11 Å². The second-order valence-electron chi connectivity index (χ2n) is 6.41. The minimum atomic E-state index is -0.122. The zero-order chi connectivity index (χ0) is 13.6. The van der Waals surface area contributed by atoms with E-state index in [1.54, 1.807) is 0 Å². The number of nitrogens with one attached hydrogen (secondary N) is 1. The monoisotopic (exact) mass is 256 g/mol. The number of nitrogens with zero attached hydrogens (tertiary/aromatic N) is 1. The third-order valence-corrected chi connectivity index (χ3v) is 4.50. The van der Waals surface area contributed by atoms with E-state index in [2.05, 4.69) is 38.0 Å². The first-order chi connectivity index (χ1) is 8.50. The largest absolute Gasteiger partial charge is 0.394 e. The summed E-state index contributed by atoms with van der Waals surface area (Å²) in [7, 11) is 2.24. The molecule has 3 unspecified atom stereocenters. The van der Waals surface area contributed by atoms with Crippen LogP contribution in [0.1, 0.15) is 52.9 Å². The highest BCUT2D eigenvalue weighted by Gasteiger charge is 2.26. The van der Waals surface area contributed by atoms with E-state index in [1.165, 1.54) is 25.7 Å². The maximum Gasteiger partial charge on any atom is 0.0611 e. The lowest BCUT2D eigenvalue weighted by molar-refractivity contribution is 0.121. The number of hydrogen-bond donors (Lipinski definition) is 2. The standard InChI is InChI=1S/C15H32N2O/c1-5-16-15(3,12-18)9-10-17(4)14-8-6-7-13(2)11-14/h13-14,16,18H,5-12H2,1-4H3. The number of likely N-dealkylation sites (N-methyl/N-ethyl adjacent to an activating group) is 1. The Morgan fingerprint density at radius 1 is 1.39 bits per heavy atom. The summed E-state index contributed by atoms with van der Waals surface area (Å²) >= 11 is 0. The van der Waals surface area contributed by atoms with Gasteiger partial charge in [-0.3, -0.25) is 0 Å². The maximum atomic E-state index is 9.50. The van der Waals surface area contributed by atoms with Crippen LogP contribution in [0.5, 0.6) is 0 Å². The van der Waals surface area contributed by atoms with Crippen molar-refractivity contribution in [1.29, 1.82) is 0 Å². The molecule has 0 amide bonds. The highest BCUT2D eigenvalue weighted by atomic mass is 16.3. The molecule has 1 saturated carbocycles. The third kappa shape index (κ3) is 4.87. The van der Waals surface area contributed by atoms with Crippen LogP contribution in [-0.2, 0) is 0 Å². The van der Waals surface area contributed by atoms with Crippen molar-refractivity contribution in [3.05, 3.63) is 0 Å².